The van der Waals surface area contributed by atoms with Crippen molar-refractivity contribution in [3.05, 3.63) is 76.6 Å². The van der Waals surface area contributed by atoms with Gasteiger partial charge in [0.1, 0.15) is 13.2 Å². The van der Waals surface area contributed by atoms with Crippen LogP contribution in [0.4, 0.5) is 13.2 Å². The number of para-hydroxylation sites is 1. The third kappa shape index (κ3) is 4.10. The SMILES string of the molecule is Cc1cc(C(=O)NCc2ccc3c(c2)OCCO3)c(C)n1-c1ccccc1C(F)(F)F. The normalized spacial score (nSPS) is 13.2. The lowest BCUT2D eigenvalue weighted by Gasteiger charge is -2.19. The van der Waals surface area contributed by atoms with Crippen LogP contribution in [0.2, 0.25) is 0 Å². The van der Waals surface area contributed by atoms with Crippen molar-refractivity contribution in [2.45, 2.75) is 26.6 Å². The molecule has 2 aromatic carbocycles. The van der Waals surface area contributed by atoms with Gasteiger partial charge in [-0.3, -0.25) is 4.79 Å². The Hall–Kier alpha value is -3.42. The molecule has 1 aromatic heterocycles. The Balaban J connectivity index is 1.57. The summed E-state index contributed by atoms with van der Waals surface area (Å²) in [5.41, 5.74) is 1.38. The average Bonchev–Trinajstić information content (AvgIpc) is 3.05. The van der Waals surface area contributed by atoms with E-state index in [2.05, 4.69) is 5.32 Å². The van der Waals surface area contributed by atoms with Crippen molar-refractivity contribution in [2.75, 3.05) is 13.2 Å². The van der Waals surface area contributed by atoms with E-state index < -0.39 is 11.7 Å². The van der Waals surface area contributed by atoms with Crippen LogP contribution in [0.3, 0.4) is 0 Å². The summed E-state index contributed by atoms with van der Waals surface area (Å²) in [6, 6.07) is 12.4. The molecule has 31 heavy (non-hydrogen) atoms. The molecule has 2 heterocycles. The minimum Gasteiger partial charge on any atom is -0.486 e. The van der Waals surface area contributed by atoms with E-state index in [0.717, 1.165) is 11.6 Å². The molecule has 1 amide bonds. The number of carbonyl (C=O) groups is 1. The summed E-state index contributed by atoms with van der Waals surface area (Å²) in [6.07, 6.45) is -4.50. The number of hydrogen-bond acceptors (Lipinski definition) is 3. The molecule has 0 spiro atoms. The third-order valence-corrected chi connectivity index (χ3v) is 5.19. The van der Waals surface area contributed by atoms with Crippen molar-refractivity contribution < 1.29 is 27.4 Å². The monoisotopic (exact) mass is 430 g/mol. The highest BCUT2D eigenvalue weighted by atomic mass is 19.4. The largest absolute Gasteiger partial charge is 0.486 e. The van der Waals surface area contributed by atoms with Crippen molar-refractivity contribution >= 4 is 5.91 Å². The first-order valence-electron chi connectivity index (χ1n) is 9.78. The Kier molecular flexibility index (Phi) is 5.39. The Morgan fingerprint density at radius 2 is 1.74 bits per heavy atom. The molecule has 0 radical (unpaired) electrons. The standard InChI is InChI=1S/C23H21F3N2O3/c1-14-11-17(15(2)28(14)19-6-4-3-5-18(19)23(24,25)26)22(29)27-13-16-7-8-20-21(12-16)31-10-9-30-20/h3-8,11-12H,9-10,13H2,1-2H3,(H,27,29). The number of alkyl halides is 3. The van der Waals surface area contributed by atoms with E-state index in [1.54, 1.807) is 38.1 Å². The molecule has 0 saturated carbocycles. The summed E-state index contributed by atoms with van der Waals surface area (Å²) in [6.45, 7) is 4.53. The number of benzene rings is 2. The minimum absolute atomic E-state index is 0.00381. The van der Waals surface area contributed by atoms with Gasteiger partial charge in [-0.05, 0) is 49.7 Å². The van der Waals surface area contributed by atoms with Crippen LogP contribution in [0.5, 0.6) is 11.5 Å². The van der Waals surface area contributed by atoms with E-state index in [1.165, 1.54) is 16.7 Å². The van der Waals surface area contributed by atoms with Crippen LogP contribution in [0.15, 0.2) is 48.5 Å². The fraction of sp³-hybridized carbons (Fsp3) is 0.261. The van der Waals surface area contributed by atoms with Crippen LogP contribution in [0.25, 0.3) is 5.69 Å². The molecular weight excluding hydrogens is 409 g/mol. The molecule has 0 atom stereocenters. The van der Waals surface area contributed by atoms with Crippen LogP contribution in [0.1, 0.15) is 32.9 Å². The van der Waals surface area contributed by atoms with E-state index >= 15 is 0 Å². The van der Waals surface area contributed by atoms with Crippen molar-refractivity contribution in [2.24, 2.45) is 0 Å². The minimum atomic E-state index is -4.50. The number of fused-ring (bicyclic) bond motifs is 1. The molecule has 3 aromatic rings. The second-order valence-electron chi connectivity index (χ2n) is 7.30. The van der Waals surface area contributed by atoms with Crippen LogP contribution < -0.4 is 14.8 Å². The fourth-order valence-electron chi connectivity index (χ4n) is 3.75. The highest BCUT2D eigenvalue weighted by Crippen LogP contribution is 2.35. The lowest BCUT2D eigenvalue weighted by molar-refractivity contribution is -0.137. The molecule has 0 unspecified atom stereocenters. The predicted octanol–water partition coefficient (Wildman–Crippen LogP) is 4.81. The second kappa shape index (κ2) is 8.02. The lowest BCUT2D eigenvalue weighted by atomic mass is 10.1. The molecule has 0 aliphatic carbocycles. The Morgan fingerprint density at radius 1 is 1.03 bits per heavy atom. The Bertz CT molecular complexity index is 1140. The average molecular weight is 430 g/mol. The quantitative estimate of drug-likeness (QED) is 0.646. The summed E-state index contributed by atoms with van der Waals surface area (Å²) in [5, 5.41) is 2.83. The van der Waals surface area contributed by atoms with Crippen molar-refractivity contribution in [3.8, 4) is 17.2 Å². The van der Waals surface area contributed by atoms with Crippen molar-refractivity contribution in [3.63, 3.8) is 0 Å². The van der Waals surface area contributed by atoms with Gasteiger partial charge in [0, 0.05) is 17.9 Å². The topological polar surface area (TPSA) is 52.5 Å². The highest BCUT2D eigenvalue weighted by molar-refractivity contribution is 5.96. The number of ether oxygens (including phenoxy) is 2. The number of halogens is 3. The molecule has 4 rings (SSSR count). The molecule has 0 fully saturated rings. The van der Waals surface area contributed by atoms with Gasteiger partial charge in [0.25, 0.3) is 5.91 Å². The predicted molar refractivity (Wildman–Crippen MR) is 109 cm³/mol. The maximum Gasteiger partial charge on any atom is 0.418 e. The van der Waals surface area contributed by atoms with Gasteiger partial charge in [-0.15, -0.1) is 0 Å². The zero-order valence-corrected chi connectivity index (χ0v) is 17.0. The number of nitrogens with one attached hydrogen (secondary N) is 1. The molecule has 1 N–H and O–H groups in total. The number of nitrogens with zero attached hydrogens (tertiary/aromatic N) is 1. The number of amides is 1. The van der Waals surface area contributed by atoms with Gasteiger partial charge < -0.3 is 19.4 Å². The van der Waals surface area contributed by atoms with Crippen LogP contribution in [0, 0.1) is 13.8 Å². The van der Waals surface area contributed by atoms with Gasteiger partial charge in [0.2, 0.25) is 0 Å². The zero-order chi connectivity index (χ0) is 22.2. The first kappa shape index (κ1) is 20.8. The molecule has 1 aliphatic rings. The zero-order valence-electron chi connectivity index (χ0n) is 17.0. The summed E-state index contributed by atoms with van der Waals surface area (Å²) in [4.78, 5) is 12.8. The molecule has 8 heteroatoms. The van der Waals surface area contributed by atoms with Gasteiger partial charge in [0.05, 0.1) is 16.8 Å². The first-order valence-corrected chi connectivity index (χ1v) is 9.78. The molecule has 0 bridgehead atoms. The highest BCUT2D eigenvalue weighted by Gasteiger charge is 2.34. The maximum absolute atomic E-state index is 13.5. The van der Waals surface area contributed by atoms with E-state index in [-0.39, 0.29) is 18.1 Å². The molecule has 5 nitrogen and oxygen atoms in total. The molecule has 1 aliphatic heterocycles. The van der Waals surface area contributed by atoms with Gasteiger partial charge >= 0.3 is 6.18 Å². The maximum atomic E-state index is 13.5. The van der Waals surface area contributed by atoms with Gasteiger partial charge in [0.15, 0.2) is 11.5 Å². The first-order chi connectivity index (χ1) is 14.8. The van der Waals surface area contributed by atoms with E-state index in [0.29, 0.717) is 41.7 Å². The number of hydrogen-bond donors (Lipinski definition) is 1. The van der Waals surface area contributed by atoms with Crippen molar-refractivity contribution in [1.29, 1.82) is 0 Å². The van der Waals surface area contributed by atoms with E-state index in [4.69, 9.17) is 9.47 Å². The number of aryl methyl sites for hydroxylation is 1. The van der Waals surface area contributed by atoms with Gasteiger partial charge in [-0.25, -0.2) is 0 Å². The summed E-state index contributed by atoms with van der Waals surface area (Å²) >= 11 is 0. The Morgan fingerprint density at radius 3 is 2.48 bits per heavy atom. The molecule has 0 saturated heterocycles. The summed E-state index contributed by atoms with van der Waals surface area (Å²) < 4.78 is 52.9. The van der Waals surface area contributed by atoms with Gasteiger partial charge in [-0.2, -0.15) is 13.2 Å². The number of rotatable bonds is 4. The molecule has 162 valence electrons. The van der Waals surface area contributed by atoms with Crippen LogP contribution >= 0.6 is 0 Å². The third-order valence-electron chi connectivity index (χ3n) is 5.19. The van der Waals surface area contributed by atoms with Gasteiger partial charge in [-0.1, -0.05) is 18.2 Å². The van der Waals surface area contributed by atoms with Crippen molar-refractivity contribution in [1.82, 2.24) is 9.88 Å². The Labute approximate surface area is 177 Å². The summed E-state index contributed by atoms with van der Waals surface area (Å²) in [5.74, 6) is 0.923. The fourth-order valence-corrected chi connectivity index (χ4v) is 3.75. The summed E-state index contributed by atoms with van der Waals surface area (Å²) in [7, 11) is 0. The smallest absolute Gasteiger partial charge is 0.418 e. The van der Waals surface area contributed by atoms with Crippen LogP contribution in [-0.4, -0.2) is 23.7 Å². The lowest BCUT2D eigenvalue weighted by Crippen LogP contribution is -2.23. The van der Waals surface area contributed by atoms with E-state index in [9.17, 15) is 18.0 Å². The number of carbonyl (C=O) groups excluding carboxylic acids is 1. The van der Waals surface area contributed by atoms with E-state index in [1.807, 2.05) is 6.07 Å². The second-order valence-corrected chi connectivity index (χ2v) is 7.30. The molecular formula is C23H21F3N2O3. The van der Waals surface area contributed by atoms with Crippen LogP contribution in [-0.2, 0) is 12.7 Å². The number of aromatic nitrogens is 1.